The second-order valence-corrected chi connectivity index (χ2v) is 5.31. The van der Waals surface area contributed by atoms with Gasteiger partial charge in [0.15, 0.2) is 5.96 Å². The summed E-state index contributed by atoms with van der Waals surface area (Å²) in [6.07, 6.45) is 0. The molecule has 0 amide bonds. The molecule has 0 atom stereocenters. The van der Waals surface area contributed by atoms with E-state index in [4.69, 9.17) is 4.74 Å². The predicted octanol–water partition coefficient (Wildman–Crippen LogP) is 3.23. The molecule has 128 valence electrons. The lowest BCUT2D eigenvalue weighted by atomic mass is 10.1. The van der Waals surface area contributed by atoms with E-state index in [1.807, 2.05) is 19.1 Å². The monoisotopic (exact) mass is 329 g/mol. The van der Waals surface area contributed by atoms with Crippen LogP contribution in [0.4, 0.5) is 4.39 Å². The maximum absolute atomic E-state index is 12.9. The molecule has 0 aromatic heterocycles. The van der Waals surface area contributed by atoms with Crippen LogP contribution >= 0.6 is 0 Å². The maximum atomic E-state index is 12.9. The second-order valence-electron chi connectivity index (χ2n) is 5.31. The molecule has 4 nitrogen and oxygen atoms in total. The van der Waals surface area contributed by atoms with Crippen LogP contribution in [0.5, 0.6) is 0 Å². The van der Waals surface area contributed by atoms with Crippen molar-refractivity contribution in [2.45, 2.75) is 26.6 Å². The quantitative estimate of drug-likeness (QED) is 0.605. The van der Waals surface area contributed by atoms with Gasteiger partial charge in [0.05, 0.1) is 6.61 Å². The highest BCUT2D eigenvalue weighted by Gasteiger charge is 2.04. The molecule has 24 heavy (non-hydrogen) atoms. The summed E-state index contributed by atoms with van der Waals surface area (Å²) in [4.78, 5) is 4.22. The van der Waals surface area contributed by atoms with Crippen molar-refractivity contribution in [2.24, 2.45) is 4.99 Å². The van der Waals surface area contributed by atoms with Crippen LogP contribution in [-0.4, -0.2) is 19.6 Å². The number of aliphatic imine (C=N–C) groups is 1. The van der Waals surface area contributed by atoms with Gasteiger partial charge in [-0.15, -0.1) is 0 Å². The number of nitrogens with zero attached hydrogens (tertiary/aromatic N) is 1. The molecule has 0 spiro atoms. The zero-order chi connectivity index (χ0) is 17.2. The van der Waals surface area contributed by atoms with Gasteiger partial charge < -0.3 is 15.4 Å². The molecule has 0 saturated carbocycles. The van der Waals surface area contributed by atoms with Crippen LogP contribution in [0.15, 0.2) is 53.5 Å². The Morgan fingerprint density at radius 1 is 1.00 bits per heavy atom. The van der Waals surface area contributed by atoms with Gasteiger partial charge in [-0.25, -0.2) is 4.39 Å². The van der Waals surface area contributed by atoms with Crippen molar-refractivity contribution in [1.29, 1.82) is 0 Å². The third kappa shape index (κ3) is 5.66. The average Bonchev–Trinajstić information content (AvgIpc) is 2.62. The summed E-state index contributed by atoms with van der Waals surface area (Å²) in [7, 11) is 1.73. The third-order valence-electron chi connectivity index (χ3n) is 3.62. The van der Waals surface area contributed by atoms with Gasteiger partial charge in [-0.3, -0.25) is 4.99 Å². The van der Waals surface area contributed by atoms with Gasteiger partial charge in [0.1, 0.15) is 5.82 Å². The van der Waals surface area contributed by atoms with E-state index in [-0.39, 0.29) is 5.82 Å². The van der Waals surface area contributed by atoms with Crippen LogP contribution < -0.4 is 10.6 Å². The fourth-order valence-corrected chi connectivity index (χ4v) is 2.27. The van der Waals surface area contributed by atoms with Gasteiger partial charge in [0.25, 0.3) is 0 Å². The van der Waals surface area contributed by atoms with Gasteiger partial charge in [-0.1, -0.05) is 36.4 Å². The number of halogens is 1. The first kappa shape index (κ1) is 17.9. The van der Waals surface area contributed by atoms with E-state index in [1.165, 1.54) is 23.3 Å². The average molecular weight is 329 g/mol. The molecule has 0 aliphatic carbocycles. The molecule has 0 unspecified atom stereocenters. The van der Waals surface area contributed by atoms with Gasteiger partial charge in [-0.05, 0) is 35.7 Å². The summed E-state index contributed by atoms with van der Waals surface area (Å²) >= 11 is 0. The fraction of sp³-hybridized carbons (Fsp3) is 0.316. The molecule has 2 aromatic carbocycles. The van der Waals surface area contributed by atoms with Crippen molar-refractivity contribution in [3.8, 4) is 0 Å². The Morgan fingerprint density at radius 2 is 1.67 bits per heavy atom. The van der Waals surface area contributed by atoms with Crippen LogP contribution in [-0.2, 0) is 24.4 Å². The van der Waals surface area contributed by atoms with E-state index in [0.29, 0.717) is 32.3 Å². The highest BCUT2D eigenvalue weighted by molar-refractivity contribution is 5.79. The molecule has 0 saturated heterocycles. The molecule has 0 aliphatic heterocycles. The maximum Gasteiger partial charge on any atom is 0.191 e. The molecular formula is C19H24FN3O. The first-order valence-electron chi connectivity index (χ1n) is 8.06. The zero-order valence-electron chi connectivity index (χ0n) is 14.2. The lowest BCUT2D eigenvalue weighted by Gasteiger charge is -2.14. The lowest BCUT2D eigenvalue weighted by molar-refractivity contribution is 0.133. The number of benzene rings is 2. The highest BCUT2D eigenvalue weighted by atomic mass is 19.1. The normalized spacial score (nSPS) is 11.4. The van der Waals surface area contributed by atoms with E-state index in [0.717, 1.165) is 5.56 Å². The van der Waals surface area contributed by atoms with Crippen LogP contribution in [0.25, 0.3) is 0 Å². The molecule has 0 heterocycles. The Morgan fingerprint density at radius 3 is 2.33 bits per heavy atom. The molecule has 5 heteroatoms. The number of hydrogen-bond donors (Lipinski definition) is 2. The number of rotatable bonds is 7. The van der Waals surface area contributed by atoms with Crippen molar-refractivity contribution in [3.63, 3.8) is 0 Å². The van der Waals surface area contributed by atoms with Crippen molar-refractivity contribution in [1.82, 2.24) is 10.6 Å². The summed E-state index contributed by atoms with van der Waals surface area (Å²) in [5.41, 5.74) is 3.34. The van der Waals surface area contributed by atoms with Crippen LogP contribution in [0.2, 0.25) is 0 Å². The predicted molar refractivity (Wildman–Crippen MR) is 95.2 cm³/mol. The number of hydrogen-bond acceptors (Lipinski definition) is 2. The Hall–Kier alpha value is -2.40. The number of ether oxygens (including phenoxy) is 1. The van der Waals surface area contributed by atoms with Crippen molar-refractivity contribution >= 4 is 5.96 Å². The van der Waals surface area contributed by atoms with Gasteiger partial charge in [0, 0.05) is 26.7 Å². The Kier molecular flexibility index (Phi) is 7.23. The minimum atomic E-state index is -0.229. The van der Waals surface area contributed by atoms with Gasteiger partial charge in [0.2, 0.25) is 0 Å². The summed E-state index contributed by atoms with van der Waals surface area (Å²) in [6.45, 7) is 4.54. The van der Waals surface area contributed by atoms with Crippen molar-refractivity contribution in [3.05, 3.63) is 71.0 Å². The lowest BCUT2D eigenvalue weighted by Crippen LogP contribution is -2.36. The molecule has 0 aliphatic rings. The summed E-state index contributed by atoms with van der Waals surface area (Å²) in [5, 5.41) is 6.52. The Balaban J connectivity index is 1.88. The van der Waals surface area contributed by atoms with Gasteiger partial charge in [-0.2, -0.15) is 0 Å². The molecular weight excluding hydrogens is 305 g/mol. The molecule has 0 radical (unpaired) electrons. The molecule has 0 bridgehead atoms. The molecule has 0 fully saturated rings. The molecule has 2 N–H and O–H groups in total. The Bertz CT molecular complexity index is 656. The highest BCUT2D eigenvalue weighted by Crippen LogP contribution is 2.10. The summed E-state index contributed by atoms with van der Waals surface area (Å²) < 4.78 is 18.4. The smallest absolute Gasteiger partial charge is 0.191 e. The summed E-state index contributed by atoms with van der Waals surface area (Å²) in [5.74, 6) is 0.470. The fourth-order valence-electron chi connectivity index (χ4n) is 2.27. The first-order valence-corrected chi connectivity index (χ1v) is 8.06. The van der Waals surface area contributed by atoms with Crippen LogP contribution in [0, 0.1) is 5.82 Å². The topological polar surface area (TPSA) is 45.6 Å². The summed E-state index contributed by atoms with van der Waals surface area (Å²) in [6, 6.07) is 14.6. The van der Waals surface area contributed by atoms with E-state index in [9.17, 15) is 4.39 Å². The van der Waals surface area contributed by atoms with Crippen LogP contribution in [0.1, 0.15) is 23.6 Å². The van der Waals surface area contributed by atoms with E-state index in [1.54, 1.807) is 19.2 Å². The largest absolute Gasteiger partial charge is 0.377 e. The Labute approximate surface area is 142 Å². The van der Waals surface area contributed by atoms with E-state index in [2.05, 4.69) is 27.8 Å². The third-order valence-corrected chi connectivity index (χ3v) is 3.62. The molecule has 2 aromatic rings. The van der Waals surface area contributed by atoms with Crippen LogP contribution in [0.3, 0.4) is 0 Å². The molecule has 2 rings (SSSR count). The SMILES string of the molecule is CCOCc1ccccc1CNC(=NC)NCc1ccc(F)cc1. The van der Waals surface area contributed by atoms with Crippen molar-refractivity contribution < 1.29 is 9.13 Å². The van der Waals surface area contributed by atoms with E-state index < -0.39 is 0 Å². The van der Waals surface area contributed by atoms with Gasteiger partial charge >= 0.3 is 0 Å². The minimum absolute atomic E-state index is 0.229. The minimum Gasteiger partial charge on any atom is -0.377 e. The standard InChI is InChI=1S/C19H24FN3O/c1-3-24-14-17-7-5-4-6-16(17)13-23-19(21-2)22-12-15-8-10-18(20)11-9-15/h4-11H,3,12-14H2,1-2H3,(H2,21,22,23). The number of guanidine groups is 1. The number of nitrogens with one attached hydrogen (secondary N) is 2. The zero-order valence-corrected chi connectivity index (χ0v) is 14.2. The second kappa shape index (κ2) is 9.67. The first-order chi connectivity index (χ1) is 11.7. The van der Waals surface area contributed by atoms with Crippen molar-refractivity contribution in [2.75, 3.05) is 13.7 Å². The van der Waals surface area contributed by atoms with E-state index >= 15 is 0 Å².